The van der Waals surface area contributed by atoms with Gasteiger partial charge < -0.3 is 11.1 Å². The van der Waals surface area contributed by atoms with Gasteiger partial charge in [-0.15, -0.1) is 16.4 Å². The highest BCUT2D eigenvalue weighted by Gasteiger charge is 2.25. The number of hydrogen-bond acceptors (Lipinski definition) is 7. The first-order valence-corrected chi connectivity index (χ1v) is 12.4. The number of nitriles is 1. The molecule has 0 spiro atoms. The van der Waals surface area contributed by atoms with Crippen LogP contribution in [-0.4, -0.2) is 19.6 Å². The Balaban J connectivity index is 1.64. The average Bonchev–Trinajstić information content (AvgIpc) is 3.45. The highest BCUT2D eigenvalue weighted by Crippen LogP contribution is 2.41. The normalized spacial score (nSPS) is 11.1. The SMILES string of the molecule is N#Cc1c(Nc2ccc(Cl)cc2)nn2c(-c3ccc(Cl)cc3)c(-c3nc4ccccc4s3)c(N)nc12. The first kappa shape index (κ1) is 22.3. The molecule has 0 aliphatic heterocycles. The summed E-state index contributed by atoms with van der Waals surface area (Å²) in [6.45, 7) is 0. The fourth-order valence-electron chi connectivity index (χ4n) is 3.99. The minimum Gasteiger partial charge on any atom is -0.383 e. The quantitative estimate of drug-likeness (QED) is 0.251. The second-order valence-corrected chi connectivity index (χ2v) is 9.82. The molecule has 36 heavy (non-hydrogen) atoms. The van der Waals surface area contributed by atoms with Crippen LogP contribution in [-0.2, 0) is 0 Å². The molecule has 7 nitrogen and oxygen atoms in total. The molecule has 0 aliphatic rings. The summed E-state index contributed by atoms with van der Waals surface area (Å²) in [7, 11) is 0. The van der Waals surface area contributed by atoms with E-state index in [2.05, 4.69) is 16.4 Å². The Hall–Kier alpha value is -4.16. The second kappa shape index (κ2) is 8.81. The Labute approximate surface area is 219 Å². The highest BCUT2D eigenvalue weighted by atomic mass is 35.5. The number of halogens is 2. The fourth-order valence-corrected chi connectivity index (χ4v) is 5.26. The van der Waals surface area contributed by atoms with Gasteiger partial charge >= 0.3 is 0 Å². The van der Waals surface area contributed by atoms with E-state index in [0.29, 0.717) is 37.8 Å². The molecule has 0 unspecified atom stereocenters. The predicted molar refractivity (Wildman–Crippen MR) is 146 cm³/mol. The van der Waals surface area contributed by atoms with E-state index < -0.39 is 0 Å². The Morgan fingerprint density at radius 3 is 2.31 bits per heavy atom. The number of nitrogens with one attached hydrogen (secondary N) is 1. The van der Waals surface area contributed by atoms with Crippen molar-refractivity contribution in [1.29, 1.82) is 5.26 Å². The van der Waals surface area contributed by atoms with Crippen LogP contribution in [0.2, 0.25) is 10.0 Å². The maximum Gasteiger partial charge on any atom is 0.178 e. The van der Waals surface area contributed by atoms with Crippen LogP contribution in [0, 0.1) is 11.3 Å². The third-order valence-corrected chi connectivity index (χ3v) is 7.19. The van der Waals surface area contributed by atoms with Crippen molar-refractivity contribution < 1.29 is 0 Å². The summed E-state index contributed by atoms with van der Waals surface area (Å²) < 4.78 is 2.66. The van der Waals surface area contributed by atoms with E-state index in [0.717, 1.165) is 21.5 Å². The largest absolute Gasteiger partial charge is 0.383 e. The molecule has 3 aromatic heterocycles. The molecule has 0 saturated heterocycles. The van der Waals surface area contributed by atoms with Crippen LogP contribution in [0.1, 0.15) is 5.56 Å². The molecule has 0 saturated carbocycles. The van der Waals surface area contributed by atoms with Crippen molar-refractivity contribution in [2.45, 2.75) is 0 Å². The van der Waals surface area contributed by atoms with Crippen molar-refractivity contribution in [3.8, 4) is 27.9 Å². The van der Waals surface area contributed by atoms with Gasteiger partial charge in [0.2, 0.25) is 0 Å². The zero-order chi connectivity index (χ0) is 24.8. The summed E-state index contributed by atoms with van der Waals surface area (Å²) in [5.41, 5.74) is 10.8. The van der Waals surface area contributed by atoms with Crippen LogP contribution in [0.3, 0.4) is 0 Å². The van der Waals surface area contributed by atoms with Crippen molar-refractivity contribution in [3.05, 3.63) is 88.4 Å². The van der Waals surface area contributed by atoms with Crippen LogP contribution in [0.25, 0.3) is 37.7 Å². The molecule has 0 bridgehead atoms. The van der Waals surface area contributed by atoms with E-state index in [-0.39, 0.29) is 11.4 Å². The molecule has 0 radical (unpaired) electrons. The van der Waals surface area contributed by atoms with Crippen LogP contribution in [0.15, 0.2) is 72.8 Å². The summed E-state index contributed by atoms with van der Waals surface area (Å²) in [4.78, 5) is 9.43. The molecular formula is C26H15Cl2N7S. The van der Waals surface area contributed by atoms with Crippen LogP contribution >= 0.6 is 34.5 Å². The third kappa shape index (κ3) is 3.80. The number of aromatic nitrogens is 4. The minimum absolute atomic E-state index is 0.251. The number of benzene rings is 3. The molecule has 3 heterocycles. The van der Waals surface area contributed by atoms with Gasteiger partial charge in [0.15, 0.2) is 11.5 Å². The number of nitrogen functional groups attached to an aromatic ring is 1. The zero-order valence-corrected chi connectivity index (χ0v) is 20.7. The number of nitrogens with two attached hydrogens (primary N) is 1. The second-order valence-electron chi connectivity index (χ2n) is 7.92. The van der Waals surface area contributed by atoms with E-state index in [4.69, 9.17) is 39.0 Å². The maximum absolute atomic E-state index is 10.0. The molecule has 0 amide bonds. The van der Waals surface area contributed by atoms with E-state index >= 15 is 0 Å². The number of anilines is 3. The molecule has 6 aromatic rings. The molecule has 10 heteroatoms. The summed E-state index contributed by atoms with van der Waals surface area (Å²) >= 11 is 13.7. The molecule has 174 valence electrons. The number of nitrogens with zero attached hydrogens (tertiary/aromatic N) is 5. The third-order valence-electron chi connectivity index (χ3n) is 5.64. The van der Waals surface area contributed by atoms with Gasteiger partial charge in [0, 0.05) is 21.3 Å². The molecule has 3 aromatic carbocycles. The molecule has 3 N–H and O–H groups in total. The Morgan fingerprint density at radius 2 is 1.61 bits per heavy atom. The lowest BCUT2D eigenvalue weighted by Gasteiger charge is -2.12. The van der Waals surface area contributed by atoms with E-state index in [1.54, 1.807) is 28.8 Å². The number of fused-ring (bicyclic) bond motifs is 2. The number of rotatable bonds is 4. The summed E-state index contributed by atoms with van der Waals surface area (Å²) in [6.07, 6.45) is 0. The van der Waals surface area contributed by atoms with Gasteiger partial charge in [-0.3, -0.25) is 0 Å². The highest BCUT2D eigenvalue weighted by molar-refractivity contribution is 7.21. The fraction of sp³-hybridized carbons (Fsp3) is 0. The maximum atomic E-state index is 10.0. The van der Waals surface area contributed by atoms with E-state index in [9.17, 15) is 5.26 Å². The van der Waals surface area contributed by atoms with Gasteiger partial charge in [0.25, 0.3) is 0 Å². The van der Waals surface area contributed by atoms with Gasteiger partial charge in [0.05, 0.1) is 21.5 Å². The smallest absolute Gasteiger partial charge is 0.178 e. The standard InChI is InChI=1S/C26H15Cl2N7S/c27-15-7-5-14(6-8-15)22-21(26-32-19-3-1-2-4-20(19)36-26)23(30)33-25-18(13-29)24(34-35(22)25)31-17-11-9-16(28)10-12-17/h1-12H,(H2,30,33)(H,31,34). The average molecular weight is 528 g/mol. The zero-order valence-electron chi connectivity index (χ0n) is 18.4. The van der Waals surface area contributed by atoms with E-state index in [1.807, 2.05) is 48.5 Å². The lowest BCUT2D eigenvalue weighted by molar-refractivity contribution is 0.955. The monoisotopic (exact) mass is 527 g/mol. The lowest BCUT2D eigenvalue weighted by Crippen LogP contribution is -2.05. The first-order chi connectivity index (χ1) is 17.5. The number of para-hydroxylation sites is 1. The first-order valence-electron chi connectivity index (χ1n) is 10.8. The van der Waals surface area contributed by atoms with Gasteiger partial charge in [-0.2, -0.15) is 5.26 Å². The lowest BCUT2D eigenvalue weighted by atomic mass is 10.1. The van der Waals surface area contributed by atoms with Crippen molar-refractivity contribution in [1.82, 2.24) is 19.6 Å². The van der Waals surface area contributed by atoms with Gasteiger partial charge in [0.1, 0.15) is 22.5 Å². The van der Waals surface area contributed by atoms with Gasteiger partial charge in [-0.1, -0.05) is 47.5 Å². The Morgan fingerprint density at radius 1 is 0.917 bits per heavy atom. The number of thiazole rings is 1. The van der Waals surface area contributed by atoms with Crippen LogP contribution in [0.5, 0.6) is 0 Å². The van der Waals surface area contributed by atoms with Crippen molar-refractivity contribution in [3.63, 3.8) is 0 Å². The molecule has 0 fully saturated rings. The van der Waals surface area contributed by atoms with E-state index in [1.165, 1.54) is 11.3 Å². The Kier molecular flexibility index (Phi) is 5.46. The Bertz CT molecular complexity index is 1770. The summed E-state index contributed by atoms with van der Waals surface area (Å²) in [5, 5.41) is 19.9. The van der Waals surface area contributed by atoms with Crippen LogP contribution in [0.4, 0.5) is 17.3 Å². The minimum atomic E-state index is 0.251. The predicted octanol–water partition coefficient (Wildman–Crippen LogP) is 7.18. The van der Waals surface area contributed by atoms with Crippen molar-refractivity contribution in [2.24, 2.45) is 0 Å². The van der Waals surface area contributed by atoms with Gasteiger partial charge in [-0.05, 0) is 48.5 Å². The topological polar surface area (TPSA) is 105 Å². The summed E-state index contributed by atoms with van der Waals surface area (Å²) in [5.74, 6) is 0.601. The van der Waals surface area contributed by atoms with Crippen molar-refractivity contribution >= 4 is 67.7 Å². The van der Waals surface area contributed by atoms with Crippen LogP contribution < -0.4 is 11.1 Å². The molecule has 0 aliphatic carbocycles. The molecule has 0 atom stereocenters. The summed E-state index contributed by atoms with van der Waals surface area (Å²) in [6, 6.07) is 24.6. The molecular weight excluding hydrogens is 513 g/mol. The van der Waals surface area contributed by atoms with Crippen molar-refractivity contribution in [2.75, 3.05) is 11.1 Å². The molecule has 6 rings (SSSR count). The van der Waals surface area contributed by atoms with Gasteiger partial charge in [-0.25, -0.2) is 14.5 Å². The number of hydrogen-bond donors (Lipinski definition) is 2.